The Morgan fingerprint density at radius 3 is 2.16 bits per heavy atom. The number of amides is 4. The second-order valence-electron chi connectivity index (χ2n) is 7.57. The number of nitrogens with two attached hydrogens (primary N) is 2. The van der Waals surface area contributed by atoms with Crippen molar-refractivity contribution in [2.24, 2.45) is 17.4 Å². The Morgan fingerprint density at radius 2 is 1.65 bits per heavy atom. The third kappa shape index (κ3) is 8.73. The standard InChI is InChI=1S/C21H33N5O5/c1-4-12(2)17(22)21(31)25-15(10-14-8-6-5-7-9-14)20(30)24-11-16(28)26-18(13(3)27)19(23)29/h5-9,12-13,15,17-18,27H,4,10-11,22H2,1-3H3,(H2,23,29)(H,24,30)(H,25,31)(H,26,28)/t12-,13+,15-,17-,18-/m0/s1. The number of aliphatic hydroxyl groups excluding tert-OH is 1. The minimum Gasteiger partial charge on any atom is -0.391 e. The molecule has 0 aliphatic rings. The molecule has 0 spiro atoms. The maximum Gasteiger partial charge on any atom is 0.243 e. The van der Waals surface area contributed by atoms with Crippen LogP contribution in [-0.2, 0) is 25.6 Å². The molecular weight excluding hydrogens is 402 g/mol. The summed E-state index contributed by atoms with van der Waals surface area (Å²) >= 11 is 0. The molecule has 1 aromatic carbocycles. The lowest BCUT2D eigenvalue weighted by molar-refractivity contribution is -0.132. The van der Waals surface area contributed by atoms with E-state index in [2.05, 4.69) is 16.0 Å². The van der Waals surface area contributed by atoms with Gasteiger partial charge in [-0.05, 0) is 18.4 Å². The van der Waals surface area contributed by atoms with Gasteiger partial charge in [0.1, 0.15) is 12.1 Å². The topological polar surface area (TPSA) is 177 Å². The van der Waals surface area contributed by atoms with Crippen LogP contribution in [0.3, 0.4) is 0 Å². The molecule has 0 saturated carbocycles. The van der Waals surface area contributed by atoms with Gasteiger partial charge in [0.25, 0.3) is 0 Å². The second-order valence-corrected chi connectivity index (χ2v) is 7.57. The molecule has 0 saturated heterocycles. The highest BCUT2D eigenvalue weighted by Gasteiger charge is 2.27. The number of carbonyl (C=O) groups excluding carboxylic acids is 4. The van der Waals surface area contributed by atoms with Crippen LogP contribution in [-0.4, -0.2) is 59.5 Å². The van der Waals surface area contributed by atoms with E-state index in [1.54, 1.807) is 0 Å². The SMILES string of the molecule is CC[C@H](C)[C@H](N)C(=O)N[C@@H](Cc1ccccc1)C(=O)NCC(=O)N[C@H](C(N)=O)[C@@H](C)O. The second kappa shape index (κ2) is 12.7. The third-order valence-corrected chi connectivity index (χ3v) is 5.00. The van der Waals surface area contributed by atoms with Crippen LogP contribution in [0.5, 0.6) is 0 Å². The first-order chi connectivity index (χ1) is 14.6. The van der Waals surface area contributed by atoms with Gasteiger partial charge in [0.2, 0.25) is 23.6 Å². The summed E-state index contributed by atoms with van der Waals surface area (Å²) in [6.07, 6.45) is -0.288. The molecule has 10 nitrogen and oxygen atoms in total. The molecule has 0 aliphatic carbocycles. The van der Waals surface area contributed by atoms with Crippen LogP contribution < -0.4 is 27.4 Å². The first-order valence-corrected chi connectivity index (χ1v) is 10.2. The monoisotopic (exact) mass is 435 g/mol. The van der Waals surface area contributed by atoms with Gasteiger partial charge in [-0.3, -0.25) is 19.2 Å². The van der Waals surface area contributed by atoms with E-state index in [-0.39, 0.29) is 12.3 Å². The number of primary amides is 1. The summed E-state index contributed by atoms with van der Waals surface area (Å²) in [5.41, 5.74) is 11.9. The van der Waals surface area contributed by atoms with E-state index in [4.69, 9.17) is 11.5 Å². The summed E-state index contributed by atoms with van der Waals surface area (Å²) in [7, 11) is 0. The van der Waals surface area contributed by atoms with Crippen molar-refractivity contribution in [1.82, 2.24) is 16.0 Å². The number of rotatable bonds is 12. The Bertz CT molecular complexity index is 756. The minimum absolute atomic E-state index is 0.0718. The molecule has 0 fully saturated rings. The number of carbonyl (C=O) groups is 4. The largest absolute Gasteiger partial charge is 0.391 e. The highest BCUT2D eigenvalue weighted by atomic mass is 16.3. The molecule has 172 valence electrons. The zero-order valence-electron chi connectivity index (χ0n) is 18.1. The zero-order valence-corrected chi connectivity index (χ0v) is 18.1. The van der Waals surface area contributed by atoms with Crippen LogP contribution in [0, 0.1) is 5.92 Å². The van der Waals surface area contributed by atoms with Gasteiger partial charge in [-0.2, -0.15) is 0 Å². The summed E-state index contributed by atoms with van der Waals surface area (Å²) in [6, 6.07) is 6.06. The maximum atomic E-state index is 12.7. The van der Waals surface area contributed by atoms with Crippen molar-refractivity contribution in [3.05, 3.63) is 35.9 Å². The Labute approximate surface area is 182 Å². The zero-order chi connectivity index (χ0) is 23.6. The fraction of sp³-hybridized carbons (Fsp3) is 0.524. The Kier molecular flexibility index (Phi) is 10.6. The number of aliphatic hydroxyl groups is 1. The predicted molar refractivity (Wildman–Crippen MR) is 115 cm³/mol. The molecule has 4 amide bonds. The molecule has 1 rings (SSSR count). The Hall–Kier alpha value is -2.98. The van der Waals surface area contributed by atoms with E-state index >= 15 is 0 Å². The molecule has 0 aromatic heterocycles. The molecule has 31 heavy (non-hydrogen) atoms. The number of hydrogen-bond donors (Lipinski definition) is 6. The summed E-state index contributed by atoms with van der Waals surface area (Å²) in [5, 5.41) is 16.9. The van der Waals surface area contributed by atoms with Gasteiger partial charge in [-0.25, -0.2) is 0 Å². The molecular formula is C21H33N5O5. The van der Waals surface area contributed by atoms with Crippen LogP contribution in [0.2, 0.25) is 0 Å². The van der Waals surface area contributed by atoms with Crippen LogP contribution in [0.1, 0.15) is 32.8 Å². The van der Waals surface area contributed by atoms with Crippen molar-refractivity contribution in [3.8, 4) is 0 Å². The highest BCUT2D eigenvalue weighted by Crippen LogP contribution is 2.08. The maximum absolute atomic E-state index is 12.7. The average molecular weight is 436 g/mol. The summed E-state index contributed by atoms with van der Waals surface area (Å²) in [5.74, 6) is -2.73. The van der Waals surface area contributed by atoms with Gasteiger partial charge in [0, 0.05) is 6.42 Å². The number of benzene rings is 1. The van der Waals surface area contributed by atoms with E-state index in [1.165, 1.54) is 6.92 Å². The average Bonchev–Trinajstić information content (AvgIpc) is 2.74. The first-order valence-electron chi connectivity index (χ1n) is 10.2. The molecule has 5 atom stereocenters. The Balaban J connectivity index is 2.82. The molecule has 10 heteroatoms. The first kappa shape index (κ1) is 26.1. The van der Waals surface area contributed by atoms with E-state index in [0.29, 0.717) is 6.42 Å². The van der Waals surface area contributed by atoms with Crippen LogP contribution in [0.15, 0.2) is 30.3 Å². The van der Waals surface area contributed by atoms with Gasteiger partial charge < -0.3 is 32.5 Å². The molecule has 0 unspecified atom stereocenters. The van der Waals surface area contributed by atoms with E-state index in [9.17, 15) is 24.3 Å². The number of hydrogen-bond acceptors (Lipinski definition) is 6. The molecule has 0 bridgehead atoms. The van der Waals surface area contributed by atoms with Crippen LogP contribution >= 0.6 is 0 Å². The van der Waals surface area contributed by atoms with Gasteiger partial charge in [-0.1, -0.05) is 50.6 Å². The van der Waals surface area contributed by atoms with Gasteiger partial charge in [0.15, 0.2) is 0 Å². The quantitative estimate of drug-likeness (QED) is 0.234. The molecule has 0 radical (unpaired) electrons. The fourth-order valence-electron chi connectivity index (χ4n) is 2.78. The van der Waals surface area contributed by atoms with Crippen LogP contribution in [0.4, 0.5) is 0 Å². The van der Waals surface area contributed by atoms with Crippen LogP contribution in [0.25, 0.3) is 0 Å². The van der Waals surface area contributed by atoms with E-state index < -0.39 is 54.4 Å². The summed E-state index contributed by atoms with van der Waals surface area (Å²) < 4.78 is 0. The lowest BCUT2D eigenvalue weighted by Crippen LogP contribution is -2.56. The van der Waals surface area contributed by atoms with Crippen molar-refractivity contribution < 1.29 is 24.3 Å². The van der Waals surface area contributed by atoms with Gasteiger partial charge in [-0.15, -0.1) is 0 Å². The number of nitrogens with one attached hydrogen (secondary N) is 3. The lowest BCUT2D eigenvalue weighted by atomic mass is 9.98. The van der Waals surface area contributed by atoms with Gasteiger partial charge in [0.05, 0.1) is 18.7 Å². The van der Waals surface area contributed by atoms with E-state index in [0.717, 1.165) is 5.56 Å². The Morgan fingerprint density at radius 1 is 1.03 bits per heavy atom. The molecule has 0 aliphatic heterocycles. The van der Waals surface area contributed by atoms with Crippen molar-refractivity contribution in [2.75, 3.05) is 6.54 Å². The minimum atomic E-state index is -1.28. The predicted octanol–water partition coefficient (Wildman–Crippen LogP) is -1.45. The van der Waals surface area contributed by atoms with Crippen molar-refractivity contribution >= 4 is 23.6 Å². The van der Waals surface area contributed by atoms with Crippen molar-refractivity contribution in [2.45, 2.75) is 57.8 Å². The molecule has 1 aromatic rings. The van der Waals surface area contributed by atoms with Crippen molar-refractivity contribution in [1.29, 1.82) is 0 Å². The normalized spacial score (nSPS) is 15.6. The van der Waals surface area contributed by atoms with Gasteiger partial charge >= 0.3 is 0 Å². The fourth-order valence-corrected chi connectivity index (χ4v) is 2.78. The molecule has 8 N–H and O–H groups in total. The summed E-state index contributed by atoms with van der Waals surface area (Å²) in [6.45, 7) is 4.60. The lowest BCUT2D eigenvalue weighted by Gasteiger charge is -2.23. The van der Waals surface area contributed by atoms with Crippen molar-refractivity contribution in [3.63, 3.8) is 0 Å². The smallest absolute Gasteiger partial charge is 0.243 e. The van der Waals surface area contributed by atoms with E-state index in [1.807, 2.05) is 44.2 Å². The molecule has 0 heterocycles. The third-order valence-electron chi connectivity index (χ3n) is 5.00. The highest BCUT2D eigenvalue weighted by molar-refractivity contribution is 5.93. The summed E-state index contributed by atoms with van der Waals surface area (Å²) in [4.78, 5) is 48.6.